The molecular weight excluding hydrogens is 270 g/mol. The number of anilines is 1. The molecule has 0 aliphatic carbocycles. The Kier molecular flexibility index (Phi) is 4.18. The van der Waals surface area contributed by atoms with Gasteiger partial charge in [-0.1, -0.05) is 59.7 Å². The van der Waals surface area contributed by atoms with E-state index in [0.717, 1.165) is 12.1 Å². The minimum absolute atomic E-state index is 0.144. The molecule has 1 aliphatic rings. The van der Waals surface area contributed by atoms with Gasteiger partial charge >= 0.3 is 0 Å². The summed E-state index contributed by atoms with van der Waals surface area (Å²) in [6.45, 7) is 17.4. The van der Waals surface area contributed by atoms with Gasteiger partial charge in [-0.25, -0.2) is 0 Å². The van der Waals surface area contributed by atoms with Crippen LogP contribution in [0.5, 0.6) is 0 Å². The van der Waals surface area contributed by atoms with Gasteiger partial charge in [-0.2, -0.15) is 0 Å². The number of rotatable bonds is 3. The van der Waals surface area contributed by atoms with Crippen LogP contribution in [0.4, 0.5) is 5.69 Å². The standard InChI is InChI=1S/C20H31NO/c1-13(2)15-10-9-11-16(14(3)4)17(15)21-18(22)19(5,6)12-20(21,7)8/h9-11,13-14H,12H2,1-8H3. The fourth-order valence-electron chi connectivity index (χ4n) is 3.99. The lowest BCUT2D eigenvalue weighted by Gasteiger charge is -2.36. The van der Waals surface area contributed by atoms with E-state index in [4.69, 9.17) is 0 Å². The zero-order valence-corrected chi connectivity index (χ0v) is 15.4. The maximum atomic E-state index is 13.1. The summed E-state index contributed by atoms with van der Waals surface area (Å²) in [6.07, 6.45) is 0.892. The maximum Gasteiger partial charge on any atom is 0.233 e. The molecule has 0 bridgehead atoms. The molecule has 1 amide bonds. The minimum Gasteiger partial charge on any atom is -0.306 e. The van der Waals surface area contributed by atoms with Crippen molar-refractivity contribution in [3.8, 4) is 0 Å². The zero-order valence-electron chi connectivity index (χ0n) is 15.4. The van der Waals surface area contributed by atoms with Crippen molar-refractivity contribution in [2.75, 3.05) is 4.90 Å². The third-order valence-corrected chi connectivity index (χ3v) is 4.83. The van der Waals surface area contributed by atoms with Crippen molar-refractivity contribution in [2.45, 2.75) is 79.2 Å². The SMILES string of the molecule is CC(C)c1cccc(C(C)C)c1N1C(=O)C(C)(C)CC1(C)C. The Labute approximate surface area is 135 Å². The van der Waals surface area contributed by atoms with Gasteiger partial charge < -0.3 is 4.90 Å². The number of benzene rings is 1. The highest BCUT2D eigenvalue weighted by Gasteiger charge is 2.51. The van der Waals surface area contributed by atoms with Gasteiger partial charge in [0.1, 0.15) is 0 Å². The van der Waals surface area contributed by atoms with Crippen LogP contribution in [0.25, 0.3) is 0 Å². The van der Waals surface area contributed by atoms with Gasteiger partial charge in [0, 0.05) is 11.0 Å². The maximum absolute atomic E-state index is 13.1. The second-order valence-electron chi connectivity index (χ2n) is 8.61. The first-order valence-corrected chi connectivity index (χ1v) is 8.46. The molecule has 22 heavy (non-hydrogen) atoms. The third kappa shape index (κ3) is 2.68. The molecule has 1 aliphatic heterocycles. The van der Waals surface area contributed by atoms with Crippen LogP contribution >= 0.6 is 0 Å². The molecule has 0 spiro atoms. The first kappa shape index (κ1) is 17.1. The molecule has 122 valence electrons. The van der Waals surface area contributed by atoms with Crippen LogP contribution in [0.3, 0.4) is 0 Å². The van der Waals surface area contributed by atoms with E-state index in [9.17, 15) is 4.79 Å². The minimum atomic E-state index is -0.290. The molecule has 0 radical (unpaired) electrons. The van der Waals surface area contributed by atoms with Crippen molar-refractivity contribution >= 4 is 11.6 Å². The summed E-state index contributed by atoms with van der Waals surface area (Å²) in [5.74, 6) is 1.06. The molecule has 1 aromatic carbocycles. The molecule has 0 atom stereocenters. The lowest BCUT2D eigenvalue weighted by Crippen LogP contribution is -2.43. The number of nitrogens with zero attached hydrogens (tertiary/aromatic N) is 1. The van der Waals surface area contributed by atoms with Gasteiger partial charge in [0.15, 0.2) is 0 Å². The van der Waals surface area contributed by atoms with Crippen molar-refractivity contribution < 1.29 is 4.79 Å². The fourth-order valence-corrected chi connectivity index (χ4v) is 3.99. The number of hydrogen-bond acceptors (Lipinski definition) is 1. The van der Waals surface area contributed by atoms with Gasteiger partial charge in [0.25, 0.3) is 0 Å². The summed E-state index contributed by atoms with van der Waals surface area (Å²) in [6, 6.07) is 6.49. The molecule has 0 N–H and O–H groups in total. The Morgan fingerprint density at radius 3 is 1.73 bits per heavy atom. The molecular formula is C20H31NO. The first-order valence-electron chi connectivity index (χ1n) is 8.46. The van der Waals surface area contributed by atoms with Crippen LogP contribution in [-0.2, 0) is 4.79 Å². The summed E-state index contributed by atoms with van der Waals surface area (Å²) in [5, 5.41) is 0. The third-order valence-electron chi connectivity index (χ3n) is 4.83. The van der Waals surface area contributed by atoms with Gasteiger partial charge in [0.05, 0.1) is 5.69 Å². The second-order valence-corrected chi connectivity index (χ2v) is 8.61. The summed E-state index contributed by atoms with van der Waals surface area (Å²) in [4.78, 5) is 15.2. The lowest BCUT2D eigenvalue weighted by molar-refractivity contribution is -0.124. The van der Waals surface area contributed by atoms with E-state index in [1.165, 1.54) is 11.1 Å². The van der Waals surface area contributed by atoms with Crippen molar-refractivity contribution in [1.82, 2.24) is 0 Å². The highest BCUT2D eigenvalue weighted by molar-refractivity contribution is 6.02. The summed E-state index contributed by atoms with van der Waals surface area (Å²) in [5.41, 5.74) is 3.29. The topological polar surface area (TPSA) is 20.3 Å². The molecule has 0 saturated carbocycles. The molecule has 1 heterocycles. The molecule has 0 aromatic heterocycles. The van der Waals surface area contributed by atoms with E-state index in [2.05, 4.69) is 78.5 Å². The van der Waals surface area contributed by atoms with Gasteiger partial charge in [-0.05, 0) is 43.2 Å². The van der Waals surface area contributed by atoms with E-state index in [1.54, 1.807) is 0 Å². The zero-order chi connectivity index (χ0) is 16.9. The monoisotopic (exact) mass is 301 g/mol. The van der Waals surface area contributed by atoms with Crippen LogP contribution in [0, 0.1) is 5.41 Å². The summed E-state index contributed by atoms with van der Waals surface area (Å²) >= 11 is 0. The molecule has 1 saturated heterocycles. The smallest absolute Gasteiger partial charge is 0.233 e. The summed E-state index contributed by atoms with van der Waals surface area (Å²) < 4.78 is 0. The first-order chi connectivity index (χ1) is 9.99. The average Bonchev–Trinajstić information content (AvgIpc) is 2.52. The fraction of sp³-hybridized carbons (Fsp3) is 0.650. The molecule has 2 rings (SSSR count). The van der Waals surface area contributed by atoms with Gasteiger partial charge in [-0.15, -0.1) is 0 Å². The normalized spacial score (nSPS) is 20.3. The predicted octanol–water partition coefficient (Wildman–Crippen LogP) is 5.47. The van der Waals surface area contributed by atoms with Crippen molar-refractivity contribution in [3.05, 3.63) is 29.3 Å². The van der Waals surface area contributed by atoms with E-state index in [1.807, 2.05) is 0 Å². The quantitative estimate of drug-likeness (QED) is 0.724. The average molecular weight is 301 g/mol. The Morgan fingerprint density at radius 1 is 0.955 bits per heavy atom. The predicted molar refractivity (Wildman–Crippen MR) is 94.6 cm³/mol. The van der Waals surface area contributed by atoms with E-state index in [-0.39, 0.29) is 16.9 Å². The largest absolute Gasteiger partial charge is 0.306 e. The highest BCUT2D eigenvalue weighted by Crippen LogP contribution is 2.48. The molecule has 1 aromatic rings. The van der Waals surface area contributed by atoms with Crippen LogP contribution in [0.15, 0.2) is 18.2 Å². The van der Waals surface area contributed by atoms with Gasteiger partial charge in [0.2, 0.25) is 5.91 Å². The van der Waals surface area contributed by atoms with E-state index in [0.29, 0.717) is 11.8 Å². The van der Waals surface area contributed by atoms with Crippen LogP contribution < -0.4 is 4.90 Å². The van der Waals surface area contributed by atoms with Crippen LogP contribution in [0.1, 0.15) is 84.8 Å². The van der Waals surface area contributed by atoms with Gasteiger partial charge in [-0.3, -0.25) is 4.79 Å². The Morgan fingerprint density at radius 2 is 1.41 bits per heavy atom. The Balaban J connectivity index is 2.72. The van der Waals surface area contributed by atoms with Crippen molar-refractivity contribution in [1.29, 1.82) is 0 Å². The Hall–Kier alpha value is -1.31. The number of hydrogen-bond donors (Lipinski definition) is 0. The Bertz CT molecular complexity index is 555. The number of carbonyl (C=O) groups excluding carboxylic acids is 1. The second kappa shape index (κ2) is 5.40. The number of para-hydroxylation sites is 1. The van der Waals surface area contributed by atoms with Crippen LogP contribution in [0.2, 0.25) is 0 Å². The lowest BCUT2D eigenvalue weighted by atomic mass is 9.85. The number of carbonyl (C=O) groups is 1. The highest BCUT2D eigenvalue weighted by atomic mass is 16.2. The van der Waals surface area contributed by atoms with E-state index >= 15 is 0 Å². The summed E-state index contributed by atoms with van der Waals surface area (Å²) in [7, 11) is 0. The van der Waals surface area contributed by atoms with Crippen molar-refractivity contribution in [2.24, 2.45) is 5.41 Å². The molecule has 2 nitrogen and oxygen atoms in total. The van der Waals surface area contributed by atoms with Crippen molar-refractivity contribution in [3.63, 3.8) is 0 Å². The number of amides is 1. The van der Waals surface area contributed by atoms with Crippen LogP contribution in [-0.4, -0.2) is 11.4 Å². The van der Waals surface area contributed by atoms with E-state index < -0.39 is 0 Å². The molecule has 1 fully saturated rings. The molecule has 2 heteroatoms. The molecule has 0 unspecified atom stereocenters.